The second-order valence-corrected chi connectivity index (χ2v) is 8.35. The number of tetrazole rings is 2. The van der Waals surface area contributed by atoms with Gasteiger partial charge in [0, 0.05) is 18.7 Å². The van der Waals surface area contributed by atoms with Crippen molar-refractivity contribution < 1.29 is 29.0 Å². The molecule has 0 spiro atoms. The number of thioether (sulfide) groups is 2. The van der Waals surface area contributed by atoms with E-state index in [-0.39, 0.29) is 11.3 Å². The Morgan fingerprint density at radius 3 is 2.35 bits per heavy atom. The molecule has 0 aliphatic heterocycles. The summed E-state index contributed by atoms with van der Waals surface area (Å²) in [5.41, 5.74) is -0.465. The third-order valence-corrected chi connectivity index (χ3v) is 5.38. The van der Waals surface area contributed by atoms with Crippen LogP contribution in [0.3, 0.4) is 0 Å². The van der Waals surface area contributed by atoms with E-state index < -0.39 is 35.3 Å². The van der Waals surface area contributed by atoms with Gasteiger partial charge in [-0.3, -0.25) is 19.3 Å². The molecule has 31 heavy (non-hydrogen) atoms. The molecular formula is C14H20N9O6S2. The summed E-state index contributed by atoms with van der Waals surface area (Å²) in [5, 5.41) is 30.5. The molecule has 15 nitrogen and oxygen atoms in total. The van der Waals surface area contributed by atoms with Crippen molar-refractivity contribution in [1.82, 2.24) is 45.3 Å². The molecule has 2 heterocycles. The van der Waals surface area contributed by atoms with Crippen LogP contribution in [0.2, 0.25) is 0 Å². The van der Waals surface area contributed by atoms with Crippen LogP contribution in [0.1, 0.15) is 26.9 Å². The number of rotatable bonds is 11. The Kier molecular flexibility index (Phi) is 8.69. The fourth-order valence-electron chi connectivity index (χ4n) is 1.84. The van der Waals surface area contributed by atoms with Gasteiger partial charge >= 0.3 is 23.5 Å². The summed E-state index contributed by atoms with van der Waals surface area (Å²) in [6.45, 7) is 4.03. The number of hydrogen-bond donors (Lipinski definition) is 1. The van der Waals surface area contributed by atoms with E-state index in [0.29, 0.717) is 16.9 Å². The summed E-state index contributed by atoms with van der Waals surface area (Å²) in [5.74, 6) is -2.69. The summed E-state index contributed by atoms with van der Waals surface area (Å²) in [6.07, 6.45) is -0.160. The first-order valence-corrected chi connectivity index (χ1v) is 10.3. The summed E-state index contributed by atoms with van der Waals surface area (Å²) in [6, 6.07) is 0. The van der Waals surface area contributed by atoms with Gasteiger partial charge in [-0.2, -0.15) is 0 Å². The van der Waals surface area contributed by atoms with E-state index in [4.69, 9.17) is 14.6 Å². The maximum absolute atomic E-state index is 12.6. The van der Waals surface area contributed by atoms with E-state index in [1.807, 2.05) is 25.9 Å². The van der Waals surface area contributed by atoms with Crippen LogP contribution < -0.4 is 0 Å². The minimum atomic E-state index is -1.19. The third-order valence-electron chi connectivity index (χ3n) is 3.55. The van der Waals surface area contributed by atoms with Gasteiger partial charge in [0.25, 0.3) is 0 Å². The predicted molar refractivity (Wildman–Crippen MR) is 104 cm³/mol. The number of aromatic nitrogens is 8. The summed E-state index contributed by atoms with van der Waals surface area (Å²) in [7, 11) is 3.71. The lowest BCUT2D eigenvalue weighted by Gasteiger charge is -2.21. The lowest BCUT2D eigenvalue weighted by molar-refractivity contribution is -0.156. The maximum Gasteiger partial charge on any atom is 0.406 e. The Morgan fingerprint density at radius 1 is 1.10 bits per heavy atom. The predicted octanol–water partition coefficient (Wildman–Crippen LogP) is -0.350. The highest BCUT2D eigenvalue weighted by Gasteiger charge is 2.30. The molecule has 0 fully saturated rings. The molecule has 2 aromatic rings. The topological polar surface area (TPSA) is 180 Å². The third kappa shape index (κ3) is 7.14. The molecule has 0 aliphatic carbocycles. The Bertz CT molecular complexity index is 920. The van der Waals surface area contributed by atoms with E-state index in [2.05, 4.69) is 31.1 Å². The second kappa shape index (κ2) is 11.0. The fourth-order valence-corrected chi connectivity index (χ4v) is 3.40. The quantitative estimate of drug-likeness (QED) is 0.329. The number of carboxylic acids is 1. The normalized spacial score (nSPS) is 13.3. The first-order valence-electron chi connectivity index (χ1n) is 8.62. The molecule has 1 N–H and O–H groups in total. The number of carbonyl (C=O) groups excluding carboxylic acids is 2. The molecule has 169 valence electrons. The Morgan fingerprint density at radius 2 is 1.74 bits per heavy atom. The Balaban J connectivity index is 2.07. The van der Waals surface area contributed by atoms with Crippen LogP contribution >= 0.6 is 23.5 Å². The second-order valence-electron chi connectivity index (χ2n) is 6.14. The van der Waals surface area contributed by atoms with Crippen molar-refractivity contribution in [2.45, 2.75) is 49.0 Å². The summed E-state index contributed by atoms with van der Waals surface area (Å²) < 4.78 is 12.6. The molecule has 1 radical (unpaired) electrons. The van der Waals surface area contributed by atoms with E-state index in [1.54, 1.807) is 11.6 Å². The van der Waals surface area contributed by atoms with E-state index in [1.165, 1.54) is 0 Å². The minimum Gasteiger partial charge on any atom is -0.480 e. The number of carboxylic acid groups (broad SMARTS) is 1. The summed E-state index contributed by atoms with van der Waals surface area (Å²) in [4.78, 5) is 36.7. The molecule has 2 atom stereocenters. The van der Waals surface area contributed by atoms with E-state index in [9.17, 15) is 14.4 Å². The molecule has 0 aliphatic rings. The Labute approximate surface area is 184 Å². The lowest BCUT2D eigenvalue weighted by Crippen LogP contribution is -2.26. The van der Waals surface area contributed by atoms with Gasteiger partial charge in [-0.15, -0.1) is 10.2 Å². The smallest absolute Gasteiger partial charge is 0.406 e. The van der Waals surface area contributed by atoms with Crippen molar-refractivity contribution in [2.75, 3.05) is 14.1 Å². The largest absolute Gasteiger partial charge is 0.480 e. The molecule has 2 unspecified atom stereocenters. The van der Waals surface area contributed by atoms with Gasteiger partial charge in [-0.05, 0) is 48.8 Å². The maximum atomic E-state index is 12.6. The first kappa shape index (κ1) is 24.5. The highest BCUT2D eigenvalue weighted by atomic mass is 32.2. The molecule has 2 aromatic heterocycles. The average Bonchev–Trinajstić information content (AvgIpc) is 3.29. The van der Waals surface area contributed by atoms with Crippen molar-refractivity contribution >= 4 is 41.4 Å². The monoisotopic (exact) mass is 474 g/mol. The van der Waals surface area contributed by atoms with Crippen LogP contribution in [0.15, 0.2) is 10.3 Å². The average molecular weight is 475 g/mol. The van der Waals surface area contributed by atoms with Gasteiger partial charge in [-0.1, -0.05) is 11.8 Å². The standard InChI is InChI=1S/C14H20N9O6S2/c1-7(30-13-16-18-20-23(13)8(2)21(4)5)11(27)29-14(28-9(3)24)31-12-15-17-19-22(12)6-10(25)26/h7-8H,6H2,1-5H3,(H,25,26). The number of ether oxygens (including phenoxy) is 2. The van der Waals surface area contributed by atoms with Crippen molar-refractivity contribution in [3.63, 3.8) is 0 Å². The van der Waals surface area contributed by atoms with Crippen LogP contribution in [0.5, 0.6) is 0 Å². The lowest BCUT2D eigenvalue weighted by atomic mass is 10.5. The van der Waals surface area contributed by atoms with Crippen molar-refractivity contribution in [1.29, 1.82) is 0 Å². The zero-order valence-corrected chi connectivity index (χ0v) is 18.8. The van der Waals surface area contributed by atoms with Crippen LogP contribution in [0.4, 0.5) is 0 Å². The number of hydrogen-bond acceptors (Lipinski definition) is 14. The van der Waals surface area contributed by atoms with Gasteiger partial charge < -0.3 is 14.6 Å². The molecule has 0 bridgehead atoms. The van der Waals surface area contributed by atoms with Gasteiger partial charge in [0.1, 0.15) is 18.0 Å². The first-order chi connectivity index (χ1) is 14.6. The van der Waals surface area contributed by atoms with Crippen molar-refractivity contribution in [3.8, 4) is 0 Å². The van der Waals surface area contributed by atoms with Crippen LogP contribution in [0.25, 0.3) is 0 Å². The van der Waals surface area contributed by atoms with Crippen LogP contribution in [0, 0.1) is 5.62 Å². The molecule has 2 rings (SSSR count). The number of carbonyl (C=O) groups is 3. The Hall–Kier alpha value is -2.79. The van der Waals surface area contributed by atoms with Gasteiger partial charge in [0.2, 0.25) is 10.3 Å². The van der Waals surface area contributed by atoms with Gasteiger partial charge in [0.15, 0.2) is 0 Å². The van der Waals surface area contributed by atoms with Crippen molar-refractivity contribution in [2.24, 2.45) is 0 Å². The van der Waals surface area contributed by atoms with Gasteiger partial charge in [-0.25, -0.2) is 9.36 Å². The summed E-state index contributed by atoms with van der Waals surface area (Å²) >= 11 is 1.64. The molecule has 0 saturated heterocycles. The van der Waals surface area contributed by atoms with Crippen molar-refractivity contribution in [3.05, 3.63) is 5.62 Å². The highest BCUT2D eigenvalue weighted by Crippen LogP contribution is 2.31. The SMILES string of the molecule is CC(=O)O[C](OC(=O)C(C)Sc1nnnn1C(C)N(C)C)Sc1nnnn1CC(=O)O. The van der Waals surface area contributed by atoms with E-state index in [0.717, 1.165) is 23.4 Å². The highest BCUT2D eigenvalue weighted by molar-refractivity contribution is 8.01. The number of nitrogens with zero attached hydrogens (tertiary/aromatic N) is 9. The molecular weight excluding hydrogens is 454 g/mol. The molecule has 0 amide bonds. The van der Waals surface area contributed by atoms with Crippen LogP contribution in [-0.4, -0.2) is 87.7 Å². The molecule has 17 heteroatoms. The zero-order valence-electron chi connectivity index (χ0n) is 17.2. The molecule has 0 saturated carbocycles. The zero-order chi connectivity index (χ0) is 23.1. The fraction of sp³-hybridized carbons (Fsp3) is 0.571. The van der Waals surface area contributed by atoms with Crippen LogP contribution in [-0.2, 0) is 30.4 Å². The number of aliphatic carboxylic acids is 1. The van der Waals surface area contributed by atoms with Gasteiger partial charge in [0.05, 0.1) is 0 Å². The number of esters is 2. The minimum absolute atomic E-state index is 0.0458. The van der Waals surface area contributed by atoms with E-state index >= 15 is 0 Å². The molecule has 0 aromatic carbocycles.